The van der Waals surface area contributed by atoms with Gasteiger partial charge in [-0.15, -0.1) is 0 Å². The van der Waals surface area contributed by atoms with Crippen LogP contribution in [0.25, 0.3) is 0 Å². The van der Waals surface area contributed by atoms with E-state index >= 15 is 0 Å². The maximum Gasteiger partial charge on any atom is 0.323 e. The molecule has 2 aromatic rings. The Morgan fingerprint density at radius 3 is 3.07 bits per heavy atom. The first-order valence-electron chi connectivity index (χ1n) is 9.68. The zero-order valence-corrected chi connectivity index (χ0v) is 16.7. The predicted octanol–water partition coefficient (Wildman–Crippen LogP) is 4.41. The van der Waals surface area contributed by atoms with Gasteiger partial charge in [-0.3, -0.25) is 9.69 Å². The largest absolute Gasteiger partial charge is 0.465 e. The first kappa shape index (κ1) is 19.4. The number of hydrogen-bond acceptors (Lipinski definition) is 6. The minimum absolute atomic E-state index is 0.201. The van der Waals surface area contributed by atoms with E-state index in [1.54, 1.807) is 11.3 Å². The molecule has 2 aliphatic heterocycles. The van der Waals surface area contributed by atoms with Gasteiger partial charge in [0.1, 0.15) is 17.6 Å². The number of carbonyl (C=O) groups is 1. The second-order valence-electron chi connectivity index (χ2n) is 7.10. The summed E-state index contributed by atoms with van der Waals surface area (Å²) in [5.41, 5.74) is 2.40. The molecule has 2 aliphatic rings. The summed E-state index contributed by atoms with van der Waals surface area (Å²) in [6.45, 7) is 3.69. The smallest absolute Gasteiger partial charge is 0.323 e. The van der Waals surface area contributed by atoms with Gasteiger partial charge in [-0.25, -0.2) is 4.39 Å². The van der Waals surface area contributed by atoms with Crippen molar-refractivity contribution >= 4 is 17.3 Å². The maximum absolute atomic E-state index is 14.2. The van der Waals surface area contributed by atoms with Crippen LogP contribution in [0.5, 0.6) is 5.75 Å². The number of piperidine rings is 1. The third-order valence-electron chi connectivity index (χ3n) is 5.18. The molecule has 0 bridgehead atoms. The highest BCUT2D eigenvalue weighted by Crippen LogP contribution is 2.38. The molecule has 3 heterocycles. The molecule has 0 aliphatic carbocycles. The number of benzene rings is 1. The van der Waals surface area contributed by atoms with Gasteiger partial charge in [0.2, 0.25) is 6.29 Å². The van der Waals surface area contributed by atoms with Crippen LogP contribution in [0.2, 0.25) is 0 Å². The van der Waals surface area contributed by atoms with E-state index in [2.05, 4.69) is 4.90 Å². The van der Waals surface area contributed by atoms with Crippen LogP contribution in [0.4, 0.5) is 4.39 Å². The minimum Gasteiger partial charge on any atom is -0.465 e. The Bertz CT molecular complexity index is 826. The van der Waals surface area contributed by atoms with Crippen molar-refractivity contribution < 1.29 is 23.4 Å². The van der Waals surface area contributed by atoms with Gasteiger partial charge in [0.25, 0.3) is 0 Å². The highest BCUT2D eigenvalue weighted by Gasteiger charge is 2.32. The summed E-state index contributed by atoms with van der Waals surface area (Å²) in [5.74, 6) is 0.143. The van der Waals surface area contributed by atoms with Crippen molar-refractivity contribution in [3.8, 4) is 5.75 Å². The number of likely N-dealkylation sites (tertiary alicyclic amines) is 1. The van der Waals surface area contributed by atoms with Crippen molar-refractivity contribution in [3.63, 3.8) is 0 Å². The first-order valence-corrected chi connectivity index (χ1v) is 10.6. The molecule has 0 N–H and O–H groups in total. The number of ether oxygens (including phenoxy) is 3. The Morgan fingerprint density at radius 1 is 1.39 bits per heavy atom. The van der Waals surface area contributed by atoms with Gasteiger partial charge in [0.15, 0.2) is 0 Å². The summed E-state index contributed by atoms with van der Waals surface area (Å²) in [5, 5.41) is 3.96. The first-order chi connectivity index (χ1) is 13.7. The molecule has 5 nitrogen and oxygen atoms in total. The summed E-state index contributed by atoms with van der Waals surface area (Å²) in [6, 6.07) is 4.64. The van der Waals surface area contributed by atoms with Gasteiger partial charge in [0, 0.05) is 28.6 Å². The van der Waals surface area contributed by atoms with E-state index in [0.717, 1.165) is 36.9 Å². The highest BCUT2D eigenvalue weighted by molar-refractivity contribution is 7.07. The SMILES string of the molecule is CCOC(=O)[C@@H]1CCCCN1Cc1cc(F)cc2c1O[C@@H](c1ccsc1)OC2. The number of hydrogen-bond donors (Lipinski definition) is 0. The third kappa shape index (κ3) is 4.06. The molecular weight excluding hydrogens is 381 g/mol. The summed E-state index contributed by atoms with van der Waals surface area (Å²) in [7, 11) is 0. The van der Waals surface area contributed by atoms with Crippen LogP contribution < -0.4 is 4.74 Å². The third-order valence-corrected chi connectivity index (χ3v) is 5.89. The molecule has 1 aromatic heterocycles. The fourth-order valence-electron chi connectivity index (χ4n) is 3.87. The number of rotatable bonds is 5. The standard InChI is InChI=1S/C21H24FNO4S/c1-2-25-20(24)18-5-3-4-7-23(18)11-15-9-17(22)10-16-12-26-21(27-19(15)16)14-6-8-28-13-14/h6,8-10,13,18,21H,2-5,7,11-12H2,1H3/t18-,21-/m0/s1. The molecule has 150 valence electrons. The zero-order valence-electron chi connectivity index (χ0n) is 15.9. The molecule has 0 saturated carbocycles. The molecule has 0 amide bonds. The Kier molecular flexibility index (Phi) is 5.94. The number of thiophene rings is 1. The predicted molar refractivity (Wildman–Crippen MR) is 104 cm³/mol. The second-order valence-corrected chi connectivity index (χ2v) is 7.88. The average Bonchev–Trinajstić information content (AvgIpc) is 3.23. The van der Waals surface area contributed by atoms with Crippen LogP contribution in [-0.2, 0) is 27.4 Å². The summed E-state index contributed by atoms with van der Waals surface area (Å²) in [6.07, 6.45) is 2.27. The maximum atomic E-state index is 14.2. The lowest BCUT2D eigenvalue weighted by atomic mass is 10.00. The minimum atomic E-state index is -0.495. The molecule has 0 unspecified atom stereocenters. The van der Waals surface area contributed by atoms with E-state index in [0.29, 0.717) is 31.1 Å². The molecule has 7 heteroatoms. The van der Waals surface area contributed by atoms with Crippen molar-refractivity contribution in [2.75, 3.05) is 13.2 Å². The molecule has 2 atom stereocenters. The van der Waals surface area contributed by atoms with Crippen LogP contribution in [0, 0.1) is 5.82 Å². The quantitative estimate of drug-likeness (QED) is 0.690. The second kappa shape index (κ2) is 8.59. The summed E-state index contributed by atoms with van der Waals surface area (Å²) < 4.78 is 31.4. The van der Waals surface area contributed by atoms with Gasteiger partial charge in [0.05, 0.1) is 13.2 Å². The number of esters is 1. The number of halogens is 1. The summed E-state index contributed by atoms with van der Waals surface area (Å²) in [4.78, 5) is 14.5. The van der Waals surface area contributed by atoms with Gasteiger partial charge >= 0.3 is 5.97 Å². The fourth-order valence-corrected chi connectivity index (χ4v) is 4.53. The topological polar surface area (TPSA) is 48.0 Å². The number of carbonyl (C=O) groups excluding carboxylic acids is 1. The van der Waals surface area contributed by atoms with Crippen LogP contribution >= 0.6 is 11.3 Å². The molecule has 28 heavy (non-hydrogen) atoms. The van der Waals surface area contributed by atoms with Crippen molar-refractivity contribution in [1.29, 1.82) is 0 Å². The Morgan fingerprint density at radius 2 is 2.29 bits per heavy atom. The number of nitrogens with zero attached hydrogens (tertiary/aromatic N) is 1. The molecule has 0 radical (unpaired) electrons. The van der Waals surface area contributed by atoms with Crippen molar-refractivity contribution in [1.82, 2.24) is 4.90 Å². The molecular formula is C21H24FNO4S. The van der Waals surface area contributed by atoms with Gasteiger partial charge in [-0.2, -0.15) is 11.3 Å². The Balaban J connectivity index is 1.59. The Hall–Kier alpha value is -1.96. The molecule has 1 fully saturated rings. The van der Waals surface area contributed by atoms with E-state index in [4.69, 9.17) is 14.2 Å². The van der Waals surface area contributed by atoms with Crippen molar-refractivity contribution in [2.24, 2.45) is 0 Å². The van der Waals surface area contributed by atoms with E-state index in [1.165, 1.54) is 12.1 Å². The monoisotopic (exact) mass is 405 g/mol. The lowest BCUT2D eigenvalue weighted by Crippen LogP contribution is -2.45. The zero-order chi connectivity index (χ0) is 19.5. The van der Waals surface area contributed by atoms with Crippen LogP contribution in [0.3, 0.4) is 0 Å². The van der Waals surface area contributed by atoms with E-state index in [-0.39, 0.29) is 17.8 Å². The lowest BCUT2D eigenvalue weighted by Gasteiger charge is -2.35. The van der Waals surface area contributed by atoms with E-state index < -0.39 is 6.29 Å². The van der Waals surface area contributed by atoms with Crippen molar-refractivity contribution in [2.45, 2.75) is 51.7 Å². The number of fused-ring (bicyclic) bond motifs is 1. The molecule has 0 spiro atoms. The fraction of sp³-hybridized carbons (Fsp3) is 0.476. The van der Waals surface area contributed by atoms with E-state index in [9.17, 15) is 9.18 Å². The molecule has 1 aromatic carbocycles. The van der Waals surface area contributed by atoms with Crippen LogP contribution in [0.15, 0.2) is 29.0 Å². The average molecular weight is 405 g/mol. The van der Waals surface area contributed by atoms with Crippen LogP contribution in [-0.4, -0.2) is 30.1 Å². The Labute approximate surface area is 168 Å². The normalized spacial score (nSPS) is 22.4. The van der Waals surface area contributed by atoms with Gasteiger partial charge in [-0.05, 0) is 49.9 Å². The molecule has 1 saturated heterocycles. The highest BCUT2D eigenvalue weighted by atomic mass is 32.1. The van der Waals surface area contributed by atoms with E-state index in [1.807, 2.05) is 23.8 Å². The van der Waals surface area contributed by atoms with Gasteiger partial charge < -0.3 is 14.2 Å². The van der Waals surface area contributed by atoms with Gasteiger partial charge in [-0.1, -0.05) is 6.42 Å². The molecule has 4 rings (SSSR count). The lowest BCUT2D eigenvalue weighted by molar-refractivity contribution is -0.151. The van der Waals surface area contributed by atoms with Crippen molar-refractivity contribution in [3.05, 3.63) is 51.5 Å². The van der Waals surface area contributed by atoms with Crippen LogP contribution in [0.1, 0.15) is 49.2 Å². The summed E-state index contributed by atoms with van der Waals surface area (Å²) >= 11 is 1.58.